The van der Waals surface area contributed by atoms with Gasteiger partial charge in [0.2, 0.25) is 0 Å². The van der Waals surface area contributed by atoms with Crippen molar-refractivity contribution in [1.82, 2.24) is 0 Å². The molecule has 2 aromatic rings. The van der Waals surface area contributed by atoms with E-state index in [9.17, 15) is 23.3 Å². The van der Waals surface area contributed by atoms with E-state index in [-0.39, 0.29) is 17.2 Å². The molecule has 0 spiro atoms. The van der Waals surface area contributed by atoms with Crippen LogP contribution in [0.5, 0.6) is 0 Å². The number of carbonyl (C=O) groups is 1. The lowest BCUT2D eigenvalue weighted by Gasteiger charge is -2.06. The second kappa shape index (κ2) is 7.66. The summed E-state index contributed by atoms with van der Waals surface area (Å²) in [5.74, 6) is -0.843. The van der Waals surface area contributed by atoms with E-state index in [2.05, 4.69) is 4.18 Å². The molecule has 0 saturated heterocycles. The molecule has 0 aliphatic heterocycles. The zero-order valence-electron chi connectivity index (χ0n) is 12.3. The maximum absolute atomic E-state index is 11.9. The number of hydrogen-bond donors (Lipinski definition) is 0. The summed E-state index contributed by atoms with van der Waals surface area (Å²) in [4.78, 5) is 21.1. The van der Waals surface area contributed by atoms with Gasteiger partial charge in [-0.1, -0.05) is 30.3 Å². The first-order chi connectivity index (χ1) is 11.4. The van der Waals surface area contributed by atoms with Gasteiger partial charge in [0, 0.05) is 12.1 Å². The van der Waals surface area contributed by atoms with Crippen molar-refractivity contribution in [3.05, 3.63) is 70.3 Å². The van der Waals surface area contributed by atoms with Gasteiger partial charge in [0.1, 0.15) is 6.61 Å². The summed E-state index contributed by atoms with van der Waals surface area (Å²) in [7, 11) is -4.20. The minimum atomic E-state index is -4.20. The Bertz CT molecular complexity index is 817. The lowest BCUT2D eigenvalue weighted by molar-refractivity contribution is -0.384. The summed E-state index contributed by atoms with van der Waals surface area (Å²) < 4.78 is 33.3. The predicted octanol–water partition coefficient (Wildman–Crippen LogP) is 2.04. The van der Waals surface area contributed by atoms with Crippen LogP contribution in [0.3, 0.4) is 0 Å². The van der Waals surface area contributed by atoms with Crippen LogP contribution < -0.4 is 0 Å². The number of ether oxygens (including phenoxy) is 1. The van der Waals surface area contributed by atoms with Crippen molar-refractivity contribution in [2.45, 2.75) is 11.5 Å². The van der Waals surface area contributed by atoms with Crippen LogP contribution in [0.1, 0.15) is 5.56 Å². The minimum Gasteiger partial charge on any atom is -0.459 e. The molecule has 126 valence electrons. The van der Waals surface area contributed by atoms with Gasteiger partial charge in [-0.2, -0.15) is 8.42 Å². The SMILES string of the molecule is O=C(COS(=O)(=O)c1ccc([N+](=O)[O-])cc1)OCc1ccccc1. The van der Waals surface area contributed by atoms with E-state index in [1.54, 1.807) is 24.3 Å². The van der Waals surface area contributed by atoms with Crippen molar-refractivity contribution in [2.24, 2.45) is 0 Å². The number of nitro groups is 1. The molecule has 0 fully saturated rings. The summed E-state index contributed by atoms with van der Waals surface area (Å²) in [6.45, 7) is -0.785. The van der Waals surface area contributed by atoms with E-state index in [4.69, 9.17) is 4.74 Å². The Morgan fingerprint density at radius 3 is 2.25 bits per heavy atom. The summed E-state index contributed by atoms with van der Waals surface area (Å²) in [6, 6.07) is 13.0. The monoisotopic (exact) mass is 351 g/mol. The first-order valence-electron chi connectivity index (χ1n) is 6.72. The van der Waals surface area contributed by atoms with Gasteiger partial charge in [0.15, 0.2) is 6.61 Å². The van der Waals surface area contributed by atoms with Crippen LogP contribution >= 0.6 is 0 Å². The Morgan fingerprint density at radius 1 is 1.04 bits per heavy atom. The average Bonchev–Trinajstić information content (AvgIpc) is 2.59. The van der Waals surface area contributed by atoms with Crippen molar-refractivity contribution < 1.29 is 27.1 Å². The fourth-order valence-corrected chi connectivity index (χ4v) is 2.56. The van der Waals surface area contributed by atoms with Gasteiger partial charge >= 0.3 is 5.97 Å². The first-order valence-corrected chi connectivity index (χ1v) is 8.13. The number of non-ortho nitro benzene ring substituents is 1. The van der Waals surface area contributed by atoms with Gasteiger partial charge in [-0.25, -0.2) is 4.79 Å². The Labute approximate surface area is 137 Å². The standard InChI is InChI=1S/C15H13NO7S/c17-15(22-10-12-4-2-1-3-5-12)11-23-24(20,21)14-8-6-13(7-9-14)16(18)19/h1-9H,10-11H2. The second-order valence-corrected chi connectivity index (χ2v) is 6.23. The number of benzene rings is 2. The Balaban J connectivity index is 1.89. The van der Waals surface area contributed by atoms with Gasteiger partial charge in [-0.3, -0.25) is 14.3 Å². The third kappa shape index (κ3) is 4.86. The molecule has 0 aliphatic rings. The van der Waals surface area contributed by atoms with Crippen LogP contribution in [0.4, 0.5) is 5.69 Å². The van der Waals surface area contributed by atoms with Crippen molar-refractivity contribution in [2.75, 3.05) is 6.61 Å². The molecule has 24 heavy (non-hydrogen) atoms. The number of hydrogen-bond acceptors (Lipinski definition) is 7. The number of carbonyl (C=O) groups excluding carboxylic acids is 1. The molecule has 8 nitrogen and oxygen atoms in total. The molecular weight excluding hydrogens is 338 g/mol. The molecule has 0 radical (unpaired) electrons. The fraction of sp³-hybridized carbons (Fsp3) is 0.133. The van der Waals surface area contributed by atoms with Crippen LogP contribution in [0, 0.1) is 10.1 Å². The Kier molecular flexibility index (Phi) is 5.61. The maximum atomic E-state index is 11.9. The van der Waals surface area contributed by atoms with E-state index in [1.807, 2.05) is 6.07 Å². The van der Waals surface area contributed by atoms with Gasteiger partial charge < -0.3 is 4.74 Å². The fourth-order valence-electron chi connectivity index (χ4n) is 1.71. The average molecular weight is 351 g/mol. The molecule has 0 amide bonds. The molecule has 0 unspecified atom stereocenters. The number of nitro benzene ring substituents is 1. The topological polar surface area (TPSA) is 113 Å². The number of rotatable bonds is 7. The van der Waals surface area contributed by atoms with Crippen LogP contribution in [-0.4, -0.2) is 25.9 Å². The molecule has 0 aromatic heterocycles. The number of esters is 1. The smallest absolute Gasteiger partial charge is 0.333 e. The highest BCUT2D eigenvalue weighted by Crippen LogP contribution is 2.17. The Hall–Kier alpha value is -2.78. The van der Waals surface area contributed by atoms with E-state index >= 15 is 0 Å². The first kappa shape index (κ1) is 17.6. The Morgan fingerprint density at radius 2 is 1.67 bits per heavy atom. The molecule has 0 heterocycles. The quantitative estimate of drug-likeness (QED) is 0.325. The molecule has 0 N–H and O–H groups in total. The highest BCUT2D eigenvalue weighted by molar-refractivity contribution is 7.86. The van der Waals surface area contributed by atoms with E-state index in [1.165, 1.54) is 0 Å². The predicted molar refractivity (Wildman–Crippen MR) is 82.5 cm³/mol. The zero-order valence-corrected chi connectivity index (χ0v) is 13.1. The molecule has 0 bridgehead atoms. The second-order valence-electron chi connectivity index (χ2n) is 4.61. The highest BCUT2D eigenvalue weighted by atomic mass is 32.2. The van der Waals surface area contributed by atoms with Crippen molar-refractivity contribution in [1.29, 1.82) is 0 Å². The molecule has 2 aromatic carbocycles. The lowest BCUT2D eigenvalue weighted by atomic mass is 10.2. The van der Waals surface area contributed by atoms with E-state index < -0.39 is 27.6 Å². The van der Waals surface area contributed by atoms with E-state index in [0.717, 1.165) is 29.8 Å². The van der Waals surface area contributed by atoms with Crippen LogP contribution in [0.15, 0.2) is 59.5 Å². The summed E-state index contributed by atoms with van der Waals surface area (Å²) in [5.41, 5.74) is 0.500. The maximum Gasteiger partial charge on any atom is 0.333 e. The summed E-state index contributed by atoms with van der Waals surface area (Å²) >= 11 is 0. The van der Waals surface area contributed by atoms with Crippen molar-refractivity contribution >= 4 is 21.8 Å². The van der Waals surface area contributed by atoms with Gasteiger partial charge in [-0.05, 0) is 17.7 Å². The summed E-state index contributed by atoms with van der Waals surface area (Å²) in [6.07, 6.45) is 0. The minimum absolute atomic E-state index is 0.000608. The largest absolute Gasteiger partial charge is 0.459 e. The summed E-state index contributed by atoms with van der Waals surface area (Å²) in [5, 5.41) is 10.5. The van der Waals surface area contributed by atoms with Gasteiger partial charge in [0.25, 0.3) is 15.8 Å². The normalized spacial score (nSPS) is 11.0. The third-order valence-corrected chi connectivity index (χ3v) is 4.19. The van der Waals surface area contributed by atoms with Gasteiger partial charge in [-0.15, -0.1) is 0 Å². The number of nitrogens with zero attached hydrogens (tertiary/aromatic N) is 1. The molecule has 0 atom stereocenters. The van der Waals surface area contributed by atoms with E-state index in [0.29, 0.717) is 0 Å². The van der Waals surface area contributed by atoms with Crippen LogP contribution in [0.2, 0.25) is 0 Å². The van der Waals surface area contributed by atoms with Gasteiger partial charge in [0.05, 0.1) is 9.82 Å². The van der Waals surface area contributed by atoms with Crippen LogP contribution in [0.25, 0.3) is 0 Å². The van der Waals surface area contributed by atoms with Crippen molar-refractivity contribution in [3.8, 4) is 0 Å². The third-order valence-electron chi connectivity index (χ3n) is 2.91. The molecular formula is C15H13NO7S. The van der Waals surface area contributed by atoms with Crippen LogP contribution in [-0.2, 0) is 30.4 Å². The highest BCUT2D eigenvalue weighted by Gasteiger charge is 2.19. The molecule has 9 heteroatoms. The lowest BCUT2D eigenvalue weighted by Crippen LogP contribution is -2.17. The van der Waals surface area contributed by atoms with Crippen molar-refractivity contribution in [3.63, 3.8) is 0 Å². The molecule has 0 saturated carbocycles. The molecule has 2 rings (SSSR count). The zero-order chi connectivity index (χ0) is 17.6. The molecule has 0 aliphatic carbocycles.